The average Bonchev–Trinajstić information content (AvgIpc) is 2.77. The van der Waals surface area contributed by atoms with Crippen LogP contribution in [-0.2, 0) is 19.2 Å². The van der Waals surface area contributed by atoms with Gasteiger partial charge in [0.05, 0.1) is 11.9 Å². The van der Waals surface area contributed by atoms with Crippen LogP contribution in [0.2, 0.25) is 0 Å². The number of carbonyl (C=O) groups excluding carboxylic acids is 6. The molecule has 6 amide bonds. The van der Waals surface area contributed by atoms with E-state index in [1.54, 1.807) is 10.6 Å². The molecule has 2 rings (SSSR count). The molecule has 0 radical (unpaired) electrons. The number of nitrogens with zero attached hydrogens (tertiary/aromatic N) is 2. The number of carboxylic acids is 2. The van der Waals surface area contributed by atoms with Gasteiger partial charge in [-0.1, -0.05) is 0 Å². The number of carboxylic acid groups (broad SMARTS) is 2. The molecule has 0 spiro atoms. The molecule has 2 fully saturated rings. The van der Waals surface area contributed by atoms with E-state index in [2.05, 4.69) is 0 Å². The van der Waals surface area contributed by atoms with Gasteiger partial charge in [-0.15, -0.1) is 0 Å². The fraction of sp³-hybridized carbons (Fsp3) is 0.333. The molecule has 0 aliphatic carbocycles. The van der Waals surface area contributed by atoms with Gasteiger partial charge in [0.2, 0.25) is 0 Å². The number of hydrogen-bond donors (Lipinski definition) is 2. The third-order valence-electron chi connectivity index (χ3n) is 2.85. The zero-order valence-electron chi connectivity index (χ0n) is 10.7. The van der Waals surface area contributed by atoms with Gasteiger partial charge in [0.1, 0.15) is 6.67 Å². The summed E-state index contributed by atoms with van der Waals surface area (Å²) in [5.74, 6) is -6.24. The Kier molecular flexibility index (Phi) is 5.32. The second-order valence-electron chi connectivity index (χ2n) is 4.11. The molecular formula is C9H6CaN4O8. The molecule has 2 heterocycles. The summed E-state index contributed by atoms with van der Waals surface area (Å²) in [6.07, 6.45) is 0. The molecular weight excluding hydrogens is 332 g/mol. The molecule has 2 saturated heterocycles. The Morgan fingerprint density at radius 2 is 1.18 bits per heavy atom. The predicted molar refractivity (Wildman–Crippen MR) is 59.0 cm³/mol. The number of imide groups is 2. The van der Waals surface area contributed by atoms with Crippen LogP contribution in [0.4, 0.5) is 9.59 Å². The summed E-state index contributed by atoms with van der Waals surface area (Å²) in [7, 11) is 0. The van der Waals surface area contributed by atoms with Crippen LogP contribution in [-0.4, -0.2) is 102 Å². The van der Waals surface area contributed by atoms with Crippen molar-refractivity contribution in [3.05, 3.63) is 0 Å². The zero-order valence-corrected chi connectivity index (χ0v) is 12.9. The van der Waals surface area contributed by atoms with E-state index in [0.29, 0.717) is 9.80 Å². The van der Waals surface area contributed by atoms with Gasteiger partial charge in [0, 0.05) is 0 Å². The van der Waals surface area contributed by atoms with E-state index in [4.69, 9.17) is 0 Å². The summed E-state index contributed by atoms with van der Waals surface area (Å²) in [6, 6.07) is -6.41. The van der Waals surface area contributed by atoms with Crippen molar-refractivity contribution < 1.29 is 39.0 Å². The molecule has 12 nitrogen and oxygen atoms in total. The first-order valence-corrected chi connectivity index (χ1v) is 5.38. The van der Waals surface area contributed by atoms with Crippen LogP contribution in [0.1, 0.15) is 0 Å². The number of hydrogen-bond acceptors (Lipinski definition) is 8. The first-order valence-electron chi connectivity index (χ1n) is 5.38. The van der Waals surface area contributed by atoms with Crippen molar-refractivity contribution >= 4 is 73.6 Å². The molecule has 2 N–H and O–H groups in total. The van der Waals surface area contributed by atoms with E-state index < -0.39 is 54.6 Å². The summed E-state index contributed by atoms with van der Waals surface area (Å²) in [4.78, 5) is 67.8. The third kappa shape index (κ3) is 2.98. The van der Waals surface area contributed by atoms with E-state index in [1.165, 1.54) is 0 Å². The summed E-state index contributed by atoms with van der Waals surface area (Å²) in [5.41, 5.74) is 0. The standard InChI is InChI=1S/C9H8N4O8.Ca/c14-4-2(6(16)17)12(8(20)10-4)1-13-3(7(18)19)5(15)11-9(13)21;/h2-3H,1H2,(H,16,17)(H,18,19)(H,10,14,20)(H,11,15,21);/q;+2/p-2. The van der Waals surface area contributed by atoms with E-state index >= 15 is 0 Å². The average molecular weight is 338 g/mol. The van der Waals surface area contributed by atoms with E-state index in [0.717, 1.165) is 0 Å². The first kappa shape index (κ1) is 18.1. The summed E-state index contributed by atoms with van der Waals surface area (Å²) >= 11 is 0. The fourth-order valence-corrected chi connectivity index (χ4v) is 1.93. The second-order valence-corrected chi connectivity index (χ2v) is 4.11. The molecule has 2 aliphatic heterocycles. The molecule has 0 aromatic rings. The Morgan fingerprint density at radius 1 is 0.864 bits per heavy atom. The molecule has 2 atom stereocenters. The molecule has 0 aromatic heterocycles. The smallest absolute Gasteiger partial charge is 0.547 e. The van der Waals surface area contributed by atoms with Crippen molar-refractivity contribution in [2.75, 3.05) is 6.67 Å². The van der Waals surface area contributed by atoms with Crippen molar-refractivity contribution in [1.29, 1.82) is 0 Å². The minimum Gasteiger partial charge on any atom is -0.547 e. The van der Waals surface area contributed by atoms with E-state index in [9.17, 15) is 39.0 Å². The van der Waals surface area contributed by atoms with Gasteiger partial charge < -0.3 is 19.8 Å². The maximum Gasteiger partial charge on any atom is 2.00 e. The minimum atomic E-state index is -2.04. The Balaban J connectivity index is 0.00000242. The number of carbonyl (C=O) groups is 6. The van der Waals surface area contributed by atoms with E-state index in [-0.39, 0.29) is 37.7 Å². The molecule has 0 bridgehead atoms. The summed E-state index contributed by atoms with van der Waals surface area (Å²) in [6.45, 7) is -0.924. The van der Waals surface area contributed by atoms with Gasteiger partial charge in [-0.3, -0.25) is 30.0 Å². The maximum atomic E-state index is 11.4. The molecule has 0 aromatic carbocycles. The molecule has 2 aliphatic rings. The van der Waals surface area contributed by atoms with Gasteiger partial charge in [-0.25, -0.2) is 9.59 Å². The first-order chi connectivity index (χ1) is 9.73. The van der Waals surface area contributed by atoms with Gasteiger partial charge in [-0.05, 0) is 0 Å². The monoisotopic (exact) mass is 338 g/mol. The number of rotatable bonds is 4. The maximum absolute atomic E-state index is 11.4. The Bertz CT molecular complexity index is 542. The van der Waals surface area contributed by atoms with Crippen LogP contribution in [0.25, 0.3) is 0 Å². The second kappa shape index (κ2) is 6.46. The van der Waals surface area contributed by atoms with Crippen molar-refractivity contribution in [2.45, 2.75) is 12.1 Å². The topological polar surface area (TPSA) is 179 Å². The van der Waals surface area contributed by atoms with Gasteiger partial charge in [0.25, 0.3) is 11.8 Å². The summed E-state index contributed by atoms with van der Waals surface area (Å²) in [5, 5.41) is 25.0. The zero-order chi connectivity index (χ0) is 15.9. The molecule has 2 unspecified atom stereocenters. The Hall–Kier alpha value is -1.92. The van der Waals surface area contributed by atoms with Gasteiger partial charge in [-0.2, -0.15) is 0 Å². The molecule has 0 saturated carbocycles. The number of amides is 6. The van der Waals surface area contributed by atoms with Crippen LogP contribution in [0.15, 0.2) is 0 Å². The quantitative estimate of drug-likeness (QED) is 0.288. The van der Waals surface area contributed by atoms with Crippen LogP contribution in [0.5, 0.6) is 0 Å². The van der Waals surface area contributed by atoms with Crippen LogP contribution < -0.4 is 20.8 Å². The van der Waals surface area contributed by atoms with Crippen LogP contribution in [0, 0.1) is 0 Å². The van der Waals surface area contributed by atoms with E-state index in [1.807, 2.05) is 0 Å². The molecule has 112 valence electrons. The number of nitrogens with one attached hydrogen (secondary N) is 2. The van der Waals surface area contributed by atoms with Crippen LogP contribution >= 0.6 is 0 Å². The van der Waals surface area contributed by atoms with Crippen molar-refractivity contribution in [1.82, 2.24) is 20.4 Å². The number of aliphatic carboxylic acids is 2. The van der Waals surface area contributed by atoms with Gasteiger partial charge >= 0.3 is 49.8 Å². The SMILES string of the molecule is O=C([O-])C1C(=O)NC(=O)N1CN1C(=O)NC(=O)C1C(=O)[O-].[Ca+2]. The molecule has 13 heteroatoms. The van der Waals surface area contributed by atoms with Gasteiger partial charge in [0.15, 0.2) is 12.1 Å². The normalized spacial score (nSPS) is 24.0. The number of urea groups is 2. The van der Waals surface area contributed by atoms with Crippen molar-refractivity contribution in [3.8, 4) is 0 Å². The fourth-order valence-electron chi connectivity index (χ4n) is 1.93. The summed E-state index contributed by atoms with van der Waals surface area (Å²) < 4.78 is 0. The van der Waals surface area contributed by atoms with Crippen molar-refractivity contribution in [3.63, 3.8) is 0 Å². The Labute approximate surface area is 151 Å². The largest absolute Gasteiger partial charge is 2.00 e. The predicted octanol–water partition coefficient (Wildman–Crippen LogP) is -6.10. The third-order valence-corrected chi connectivity index (χ3v) is 2.85. The van der Waals surface area contributed by atoms with Crippen LogP contribution in [0.3, 0.4) is 0 Å². The Morgan fingerprint density at radius 3 is 1.45 bits per heavy atom. The van der Waals surface area contributed by atoms with Crippen molar-refractivity contribution in [2.24, 2.45) is 0 Å². The minimum absolute atomic E-state index is 0. The molecule has 22 heavy (non-hydrogen) atoms.